The Morgan fingerprint density at radius 2 is 1.68 bits per heavy atom. The van der Waals surface area contributed by atoms with Gasteiger partial charge in [0.05, 0.1) is 10.8 Å². The van der Waals surface area contributed by atoms with Crippen molar-refractivity contribution in [1.29, 1.82) is 0 Å². The molecular weight excluding hydrogens is 578 g/mol. The minimum atomic E-state index is -3.80. The van der Waals surface area contributed by atoms with Crippen molar-refractivity contribution in [2.24, 2.45) is 17.8 Å². The summed E-state index contributed by atoms with van der Waals surface area (Å²) in [6.07, 6.45) is 1.08. The summed E-state index contributed by atoms with van der Waals surface area (Å²) in [5, 5.41) is 9.10. The molecule has 222 valence electrons. The number of halogens is 3. The summed E-state index contributed by atoms with van der Waals surface area (Å²) in [5.41, 5.74) is 0.393. The second-order valence-electron chi connectivity index (χ2n) is 11.2. The number of sulfonamides is 1. The average molecular weight is 611 g/mol. The fourth-order valence-electron chi connectivity index (χ4n) is 6.02. The van der Waals surface area contributed by atoms with E-state index >= 15 is 8.78 Å². The molecule has 41 heavy (non-hydrogen) atoms. The van der Waals surface area contributed by atoms with E-state index in [1.165, 1.54) is 22.5 Å². The van der Waals surface area contributed by atoms with Crippen LogP contribution in [0.25, 0.3) is 0 Å². The van der Waals surface area contributed by atoms with Gasteiger partial charge in [-0.1, -0.05) is 18.5 Å². The number of carboxylic acids is 1. The molecule has 0 spiro atoms. The van der Waals surface area contributed by atoms with Gasteiger partial charge in [-0.2, -0.15) is 4.31 Å². The number of anilines is 2. The highest BCUT2D eigenvalue weighted by atomic mass is 35.5. The summed E-state index contributed by atoms with van der Waals surface area (Å²) in [7, 11) is -3.80. The molecule has 0 bridgehead atoms. The lowest BCUT2D eigenvalue weighted by molar-refractivity contribution is -0.145. The van der Waals surface area contributed by atoms with Gasteiger partial charge in [-0.25, -0.2) is 22.2 Å². The zero-order valence-corrected chi connectivity index (χ0v) is 24.3. The molecule has 1 aromatic heterocycles. The first-order valence-corrected chi connectivity index (χ1v) is 15.6. The summed E-state index contributed by atoms with van der Waals surface area (Å²) < 4.78 is 59.0. The van der Waals surface area contributed by atoms with Crippen LogP contribution in [0, 0.1) is 17.8 Å². The highest BCUT2D eigenvalue weighted by Crippen LogP contribution is 2.46. The first-order chi connectivity index (χ1) is 19.4. The molecule has 1 aliphatic carbocycles. The molecule has 0 radical (unpaired) electrons. The normalized spacial score (nSPS) is 24.6. The number of alkyl halides is 2. The molecule has 1 aromatic carbocycles. The maximum atomic E-state index is 15.5. The van der Waals surface area contributed by atoms with Crippen LogP contribution < -0.4 is 9.80 Å². The van der Waals surface area contributed by atoms with E-state index in [1.807, 2.05) is 6.92 Å². The van der Waals surface area contributed by atoms with Crippen LogP contribution in [0.5, 0.6) is 0 Å². The molecule has 13 heteroatoms. The van der Waals surface area contributed by atoms with Crippen molar-refractivity contribution >= 4 is 45.0 Å². The Labute approximate surface area is 243 Å². The Bertz CT molecular complexity index is 1410. The molecule has 3 heterocycles. The predicted molar refractivity (Wildman–Crippen MR) is 150 cm³/mol. The number of pyridine rings is 1. The number of amides is 1. The highest BCUT2D eigenvalue weighted by Gasteiger charge is 2.44. The van der Waals surface area contributed by atoms with Crippen LogP contribution in [0.15, 0.2) is 41.3 Å². The van der Waals surface area contributed by atoms with Crippen LogP contribution in [-0.4, -0.2) is 67.4 Å². The van der Waals surface area contributed by atoms with Crippen LogP contribution in [-0.2, 0) is 25.5 Å². The maximum absolute atomic E-state index is 15.5. The van der Waals surface area contributed by atoms with E-state index in [0.29, 0.717) is 18.7 Å². The van der Waals surface area contributed by atoms with Crippen molar-refractivity contribution in [1.82, 2.24) is 9.29 Å². The summed E-state index contributed by atoms with van der Waals surface area (Å²) in [4.78, 5) is 31.2. The lowest BCUT2D eigenvalue weighted by Crippen LogP contribution is -2.49. The average Bonchev–Trinajstić information content (AvgIpc) is 3.30. The molecule has 3 fully saturated rings. The van der Waals surface area contributed by atoms with Gasteiger partial charge in [-0.3, -0.25) is 9.59 Å². The zero-order chi connectivity index (χ0) is 29.5. The smallest absolute Gasteiger partial charge is 0.306 e. The third-order valence-corrected chi connectivity index (χ3v) is 10.5. The van der Waals surface area contributed by atoms with Gasteiger partial charge in [-0.05, 0) is 68.0 Å². The summed E-state index contributed by atoms with van der Waals surface area (Å²) >= 11 is 6.16. The molecule has 2 aliphatic heterocycles. The number of carbonyl (C=O) groups excluding carboxylic acids is 1. The monoisotopic (exact) mass is 610 g/mol. The minimum absolute atomic E-state index is 0.0188. The first kappa shape index (κ1) is 29.7. The van der Waals surface area contributed by atoms with Gasteiger partial charge in [0, 0.05) is 56.3 Å². The first-order valence-electron chi connectivity index (χ1n) is 13.8. The van der Waals surface area contributed by atoms with Crippen molar-refractivity contribution in [2.45, 2.75) is 49.8 Å². The second kappa shape index (κ2) is 11.4. The number of nitrogens with zero attached hydrogens (tertiary/aromatic N) is 4. The molecule has 2 saturated heterocycles. The molecule has 1 atom stereocenters. The van der Waals surface area contributed by atoms with Gasteiger partial charge in [0.25, 0.3) is 5.92 Å². The molecule has 9 nitrogen and oxygen atoms in total. The number of hydrogen-bond acceptors (Lipinski definition) is 6. The van der Waals surface area contributed by atoms with Crippen LogP contribution in [0.3, 0.4) is 0 Å². The van der Waals surface area contributed by atoms with Crippen molar-refractivity contribution in [3.63, 3.8) is 0 Å². The van der Waals surface area contributed by atoms with Gasteiger partial charge in [0.2, 0.25) is 15.9 Å². The molecular formula is C28H33ClF2N4O5S. The van der Waals surface area contributed by atoms with E-state index in [1.54, 1.807) is 21.9 Å². The molecule has 3 aliphatic rings. The van der Waals surface area contributed by atoms with E-state index in [4.69, 9.17) is 11.6 Å². The Hall–Kier alpha value is -2.83. The van der Waals surface area contributed by atoms with Crippen LogP contribution >= 0.6 is 11.6 Å². The maximum Gasteiger partial charge on any atom is 0.306 e. The van der Waals surface area contributed by atoms with Gasteiger partial charge in [0.1, 0.15) is 11.0 Å². The lowest BCUT2D eigenvalue weighted by Gasteiger charge is -2.36. The van der Waals surface area contributed by atoms with Crippen molar-refractivity contribution in [3.8, 4) is 0 Å². The van der Waals surface area contributed by atoms with E-state index in [9.17, 15) is 23.1 Å². The number of carbonyl (C=O) groups is 2. The molecule has 1 unspecified atom stereocenters. The van der Waals surface area contributed by atoms with E-state index < -0.39 is 33.8 Å². The van der Waals surface area contributed by atoms with Gasteiger partial charge >= 0.3 is 5.97 Å². The Morgan fingerprint density at radius 1 is 1.05 bits per heavy atom. The number of hydrogen-bond donors (Lipinski definition) is 1. The number of benzene rings is 1. The Morgan fingerprint density at radius 3 is 2.24 bits per heavy atom. The van der Waals surface area contributed by atoms with Gasteiger partial charge in [-0.15, -0.1) is 0 Å². The number of rotatable bonds is 7. The Kier molecular flexibility index (Phi) is 8.28. The zero-order valence-electron chi connectivity index (χ0n) is 22.7. The molecule has 2 aromatic rings. The number of aromatic nitrogens is 1. The molecule has 5 rings (SSSR count). The van der Waals surface area contributed by atoms with Crippen molar-refractivity contribution in [2.75, 3.05) is 42.5 Å². The SMILES string of the molecule is CC1CC(=O)N(c2ccc(S(=O)(=O)N3CCN(c4cc(C(F)(F)C5CCC(C(=O)O)CC5)cc(Cl)n4)CC3)cc2)C1. The van der Waals surface area contributed by atoms with Crippen molar-refractivity contribution < 1.29 is 31.9 Å². The summed E-state index contributed by atoms with van der Waals surface area (Å²) in [6.45, 7) is 3.33. The predicted octanol–water partition coefficient (Wildman–Crippen LogP) is 4.60. The highest BCUT2D eigenvalue weighted by molar-refractivity contribution is 7.89. The van der Waals surface area contributed by atoms with Crippen LogP contribution in [0.2, 0.25) is 5.15 Å². The second-order valence-corrected chi connectivity index (χ2v) is 13.6. The van der Waals surface area contributed by atoms with E-state index in [0.717, 1.165) is 6.07 Å². The third kappa shape index (κ3) is 6.05. The van der Waals surface area contributed by atoms with E-state index in [2.05, 4.69) is 4.98 Å². The number of piperazine rings is 1. The van der Waals surface area contributed by atoms with Gasteiger partial charge < -0.3 is 14.9 Å². The fourth-order valence-corrected chi connectivity index (χ4v) is 7.64. The quantitative estimate of drug-likeness (QED) is 0.456. The van der Waals surface area contributed by atoms with E-state index in [-0.39, 0.29) is 85.1 Å². The van der Waals surface area contributed by atoms with Crippen LogP contribution in [0.4, 0.5) is 20.3 Å². The molecule has 1 amide bonds. The number of aliphatic carboxylic acids is 1. The standard InChI is InChI=1S/C28H33ClF2N4O5S/c1-18-14-26(36)35(17-18)22-6-8-23(9-7-22)41(39,40)34-12-10-33(11-13-34)25-16-21(15-24(29)32-25)28(30,31)20-4-2-19(3-5-20)27(37)38/h6-9,15-16,18-20H,2-5,10-14,17H2,1H3,(H,37,38). The van der Waals surface area contributed by atoms with Crippen molar-refractivity contribution in [3.05, 3.63) is 47.1 Å². The summed E-state index contributed by atoms with van der Waals surface area (Å²) in [6, 6.07) is 8.75. The topological polar surface area (TPSA) is 111 Å². The largest absolute Gasteiger partial charge is 0.481 e. The third-order valence-electron chi connectivity index (χ3n) is 8.42. The van der Waals surface area contributed by atoms with Gasteiger partial charge in [0.15, 0.2) is 0 Å². The Balaban J connectivity index is 1.25. The lowest BCUT2D eigenvalue weighted by atomic mass is 9.77. The molecule has 1 N–H and O–H groups in total. The fraction of sp³-hybridized carbons (Fsp3) is 0.536. The number of carboxylic acid groups (broad SMARTS) is 1. The molecule has 1 saturated carbocycles. The minimum Gasteiger partial charge on any atom is -0.481 e. The van der Waals surface area contributed by atoms with Crippen LogP contribution in [0.1, 0.15) is 44.6 Å². The summed E-state index contributed by atoms with van der Waals surface area (Å²) in [5.74, 6) is -5.24.